The number of benzene rings is 1. The fraction of sp³-hybridized carbons (Fsp3) is 0.375. The SMILES string of the molecule is Cc1ccc(NC(=O)Cn2cnc(S(=O)(=O)N3CCCC3)c2)cc1F. The van der Waals surface area contributed by atoms with Gasteiger partial charge in [0.25, 0.3) is 10.0 Å². The molecule has 2 heterocycles. The number of carbonyl (C=O) groups is 1. The molecule has 0 aliphatic carbocycles. The van der Waals surface area contributed by atoms with Crippen molar-refractivity contribution in [2.45, 2.75) is 31.3 Å². The number of aromatic nitrogens is 2. The maximum Gasteiger partial charge on any atom is 0.262 e. The van der Waals surface area contributed by atoms with Crippen LogP contribution in [0.15, 0.2) is 35.7 Å². The molecule has 9 heteroatoms. The molecule has 1 aliphatic heterocycles. The number of halogens is 1. The van der Waals surface area contributed by atoms with Crippen LogP contribution in [0.5, 0.6) is 0 Å². The van der Waals surface area contributed by atoms with Gasteiger partial charge >= 0.3 is 0 Å². The minimum absolute atomic E-state index is 0.0661. The van der Waals surface area contributed by atoms with Crippen molar-refractivity contribution in [1.82, 2.24) is 13.9 Å². The van der Waals surface area contributed by atoms with Crippen molar-refractivity contribution in [2.24, 2.45) is 0 Å². The molecular weight excluding hydrogens is 347 g/mol. The molecule has 1 saturated heterocycles. The molecule has 134 valence electrons. The van der Waals surface area contributed by atoms with Gasteiger partial charge in [-0.05, 0) is 37.5 Å². The predicted molar refractivity (Wildman–Crippen MR) is 90.0 cm³/mol. The summed E-state index contributed by atoms with van der Waals surface area (Å²) >= 11 is 0. The van der Waals surface area contributed by atoms with E-state index in [1.807, 2.05) is 0 Å². The highest BCUT2D eigenvalue weighted by Gasteiger charge is 2.29. The summed E-state index contributed by atoms with van der Waals surface area (Å²) in [5, 5.41) is 2.51. The van der Waals surface area contributed by atoms with Crippen LogP contribution in [0.3, 0.4) is 0 Å². The highest BCUT2D eigenvalue weighted by Crippen LogP contribution is 2.19. The maximum absolute atomic E-state index is 13.5. The quantitative estimate of drug-likeness (QED) is 0.874. The number of imidazole rings is 1. The van der Waals surface area contributed by atoms with Crippen molar-refractivity contribution in [2.75, 3.05) is 18.4 Å². The fourth-order valence-electron chi connectivity index (χ4n) is 2.66. The molecule has 1 N–H and O–H groups in total. The van der Waals surface area contributed by atoms with Crippen LogP contribution in [0.25, 0.3) is 0 Å². The minimum atomic E-state index is -3.60. The second-order valence-electron chi connectivity index (χ2n) is 6.01. The molecule has 0 bridgehead atoms. The number of nitrogens with one attached hydrogen (secondary N) is 1. The predicted octanol–water partition coefficient (Wildman–Crippen LogP) is 1.75. The maximum atomic E-state index is 13.5. The lowest BCUT2D eigenvalue weighted by Gasteiger charge is -2.12. The van der Waals surface area contributed by atoms with Crippen LogP contribution in [0.1, 0.15) is 18.4 Å². The van der Waals surface area contributed by atoms with Gasteiger partial charge < -0.3 is 9.88 Å². The molecule has 1 aromatic carbocycles. The molecule has 1 amide bonds. The van der Waals surface area contributed by atoms with Gasteiger partial charge in [0, 0.05) is 25.0 Å². The summed E-state index contributed by atoms with van der Waals surface area (Å²) in [7, 11) is -3.60. The van der Waals surface area contributed by atoms with Crippen LogP contribution in [-0.4, -0.2) is 41.3 Å². The smallest absolute Gasteiger partial charge is 0.262 e. The van der Waals surface area contributed by atoms with E-state index in [1.54, 1.807) is 19.1 Å². The number of amides is 1. The van der Waals surface area contributed by atoms with Crippen LogP contribution < -0.4 is 5.32 Å². The number of anilines is 1. The topological polar surface area (TPSA) is 84.3 Å². The van der Waals surface area contributed by atoms with Crippen molar-refractivity contribution in [3.05, 3.63) is 42.1 Å². The van der Waals surface area contributed by atoms with Crippen LogP contribution in [0.2, 0.25) is 0 Å². The van der Waals surface area contributed by atoms with Crippen molar-refractivity contribution < 1.29 is 17.6 Å². The van der Waals surface area contributed by atoms with Crippen molar-refractivity contribution in [3.63, 3.8) is 0 Å². The number of hydrogen-bond donors (Lipinski definition) is 1. The van der Waals surface area contributed by atoms with E-state index in [-0.39, 0.29) is 11.6 Å². The van der Waals surface area contributed by atoms with Crippen LogP contribution in [0.4, 0.5) is 10.1 Å². The zero-order valence-corrected chi connectivity index (χ0v) is 14.6. The first kappa shape index (κ1) is 17.6. The van der Waals surface area contributed by atoms with Gasteiger partial charge in [-0.25, -0.2) is 17.8 Å². The first-order valence-electron chi connectivity index (χ1n) is 7.94. The molecule has 0 saturated carbocycles. The van der Waals surface area contributed by atoms with Gasteiger partial charge in [0.05, 0.1) is 6.33 Å². The summed E-state index contributed by atoms with van der Waals surface area (Å²) in [5.41, 5.74) is 0.836. The Morgan fingerprint density at radius 3 is 2.72 bits per heavy atom. The van der Waals surface area contributed by atoms with Crippen LogP contribution in [-0.2, 0) is 21.4 Å². The number of aryl methyl sites for hydroxylation is 1. The Labute approximate surface area is 145 Å². The zero-order chi connectivity index (χ0) is 18.0. The number of sulfonamides is 1. The average Bonchev–Trinajstić information content (AvgIpc) is 3.22. The fourth-order valence-corrected chi connectivity index (χ4v) is 4.11. The molecule has 2 aromatic rings. The number of carbonyl (C=O) groups excluding carboxylic acids is 1. The number of hydrogen-bond acceptors (Lipinski definition) is 4. The summed E-state index contributed by atoms with van der Waals surface area (Å²) < 4.78 is 41.1. The van der Waals surface area contributed by atoms with E-state index in [0.717, 1.165) is 12.8 Å². The van der Waals surface area contributed by atoms with Gasteiger partial charge in [-0.15, -0.1) is 0 Å². The monoisotopic (exact) mass is 366 g/mol. The average molecular weight is 366 g/mol. The molecule has 0 radical (unpaired) electrons. The van der Waals surface area contributed by atoms with E-state index in [0.29, 0.717) is 24.3 Å². The van der Waals surface area contributed by atoms with Gasteiger partial charge in [0.2, 0.25) is 5.91 Å². The van der Waals surface area contributed by atoms with Gasteiger partial charge in [0.1, 0.15) is 12.4 Å². The Morgan fingerprint density at radius 2 is 2.04 bits per heavy atom. The first-order valence-corrected chi connectivity index (χ1v) is 9.38. The van der Waals surface area contributed by atoms with Gasteiger partial charge in [-0.2, -0.15) is 4.31 Å². The number of rotatable bonds is 5. The van der Waals surface area contributed by atoms with Gasteiger partial charge in [-0.3, -0.25) is 4.79 Å². The van der Waals surface area contributed by atoms with Crippen LogP contribution in [0, 0.1) is 12.7 Å². The normalized spacial score (nSPS) is 15.4. The molecule has 1 aromatic heterocycles. The largest absolute Gasteiger partial charge is 0.327 e. The highest BCUT2D eigenvalue weighted by molar-refractivity contribution is 7.89. The molecule has 25 heavy (non-hydrogen) atoms. The van der Waals surface area contributed by atoms with E-state index < -0.39 is 21.7 Å². The summed E-state index contributed by atoms with van der Waals surface area (Å²) in [6, 6.07) is 4.42. The Bertz CT molecular complexity index is 889. The van der Waals surface area contributed by atoms with Crippen LogP contribution >= 0.6 is 0 Å². The second kappa shape index (κ2) is 6.93. The Balaban J connectivity index is 1.66. The lowest BCUT2D eigenvalue weighted by atomic mass is 10.2. The summed E-state index contributed by atoms with van der Waals surface area (Å²) in [6.45, 7) is 2.51. The van der Waals surface area contributed by atoms with E-state index in [4.69, 9.17) is 0 Å². The Kier molecular flexibility index (Phi) is 4.87. The van der Waals surface area contributed by atoms with E-state index in [9.17, 15) is 17.6 Å². The summed E-state index contributed by atoms with van der Waals surface area (Å²) in [5.74, 6) is -0.801. The van der Waals surface area contributed by atoms with Gasteiger partial charge in [-0.1, -0.05) is 6.07 Å². The summed E-state index contributed by atoms with van der Waals surface area (Å²) in [4.78, 5) is 16.0. The van der Waals surface area contributed by atoms with Crippen molar-refractivity contribution >= 4 is 21.6 Å². The molecule has 1 aliphatic rings. The Morgan fingerprint density at radius 1 is 1.32 bits per heavy atom. The molecule has 7 nitrogen and oxygen atoms in total. The standard InChI is InChI=1S/C16H19FN4O3S/c1-12-4-5-13(8-14(12)17)19-15(22)9-20-10-16(18-11-20)25(23,24)21-6-2-3-7-21/h4-5,8,10-11H,2-3,6-7,9H2,1H3,(H,19,22). The van der Waals surface area contributed by atoms with E-state index >= 15 is 0 Å². The molecule has 1 fully saturated rings. The third-order valence-electron chi connectivity index (χ3n) is 4.06. The van der Waals surface area contributed by atoms with Crippen molar-refractivity contribution in [3.8, 4) is 0 Å². The molecular formula is C16H19FN4O3S. The third kappa shape index (κ3) is 3.88. The molecule has 0 spiro atoms. The molecule has 3 rings (SSSR count). The Hall–Kier alpha value is -2.26. The molecule has 0 atom stereocenters. The summed E-state index contributed by atoms with van der Waals surface area (Å²) in [6.07, 6.45) is 4.33. The molecule has 0 unspecified atom stereocenters. The lowest BCUT2D eigenvalue weighted by molar-refractivity contribution is -0.116. The second-order valence-corrected chi connectivity index (χ2v) is 7.89. The van der Waals surface area contributed by atoms with Crippen molar-refractivity contribution in [1.29, 1.82) is 0 Å². The zero-order valence-electron chi connectivity index (χ0n) is 13.8. The lowest BCUT2D eigenvalue weighted by Crippen LogP contribution is -2.28. The van der Waals surface area contributed by atoms with E-state index in [2.05, 4.69) is 10.3 Å². The minimum Gasteiger partial charge on any atom is -0.327 e. The highest BCUT2D eigenvalue weighted by atomic mass is 32.2. The first-order chi connectivity index (χ1) is 11.9. The van der Waals surface area contributed by atoms with E-state index in [1.165, 1.54) is 27.5 Å². The third-order valence-corrected chi connectivity index (χ3v) is 5.84. The number of nitrogens with zero attached hydrogens (tertiary/aromatic N) is 3. The van der Waals surface area contributed by atoms with Gasteiger partial charge in [0.15, 0.2) is 5.03 Å².